The molecule has 0 spiro atoms. The van der Waals surface area contributed by atoms with Gasteiger partial charge in [-0.1, -0.05) is 41.6 Å². The third-order valence-electron chi connectivity index (χ3n) is 3.97. The van der Waals surface area contributed by atoms with Crippen LogP contribution in [0.4, 0.5) is 0 Å². The summed E-state index contributed by atoms with van der Waals surface area (Å²) in [5.41, 5.74) is 5.86. The second kappa shape index (κ2) is 7.06. The van der Waals surface area contributed by atoms with E-state index in [0.717, 1.165) is 5.75 Å². The van der Waals surface area contributed by atoms with Gasteiger partial charge in [0.25, 0.3) is 0 Å². The Kier molecular flexibility index (Phi) is 4.85. The summed E-state index contributed by atoms with van der Waals surface area (Å²) in [5.74, 6) is -0.446. The lowest BCUT2D eigenvalue weighted by atomic mass is 10.0. The molecule has 0 aliphatic heterocycles. The smallest absolute Gasteiger partial charge is 0.214 e. The number of rotatable bonds is 5. The number of carbonyl (C=O) groups is 1. The maximum absolute atomic E-state index is 10.9. The van der Waals surface area contributed by atoms with Crippen LogP contribution in [0, 0.1) is 20.8 Å². The van der Waals surface area contributed by atoms with Crippen LogP contribution in [0.25, 0.3) is 5.69 Å². The van der Waals surface area contributed by atoms with Gasteiger partial charge in [0.1, 0.15) is 0 Å². The first-order valence-corrected chi connectivity index (χ1v) is 8.74. The molecule has 3 rings (SSSR count). The molecule has 2 aromatic carbocycles. The lowest BCUT2D eigenvalue weighted by Crippen LogP contribution is -2.22. The highest BCUT2D eigenvalue weighted by atomic mass is 32.2. The molecular formula is C18H17N4O2S-. The van der Waals surface area contributed by atoms with Crippen LogP contribution in [-0.2, 0) is 5.75 Å². The van der Waals surface area contributed by atoms with E-state index in [0.29, 0.717) is 10.8 Å². The van der Waals surface area contributed by atoms with E-state index < -0.39 is 5.97 Å². The molecule has 0 atom stereocenters. The molecule has 0 saturated heterocycles. The number of hydrogen-bond acceptors (Lipinski definition) is 6. The van der Waals surface area contributed by atoms with Gasteiger partial charge < -0.3 is 9.90 Å². The minimum atomic E-state index is -1.21. The number of hydrogen-bond donors (Lipinski definition) is 0. The van der Waals surface area contributed by atoms with Crippen LogP contribution in [0.5, 0.6) is 0 Å². The Morgan fingerprint density at radius 3 is 2.36 bits per heavy atom. The molecule has 0 unspecified atom stereocenters. The fourth-order valence-corrected chi connectivity index (χ4v) is 3.83. The van der Waals surface area contributed by atoms with E-state index in [2.05, 4.69) is 48.4 Å². The van der Waals surface area contributed by atoms with E-state index >= 15 is 0 Å². The third-order valence-corrected chi connectivity index (χ3v) is 4.92. The van der Waals surface area contributed by atoms with Crippen molar-refractivity contribution in [1.29, 1.82) is 0 Å². The van der Waals surface area contributed by atoms with E-state index in [9.17, 15) is 9.90 Å². The van der Waals surface area contributed by atoms with Gasteiger partial charge in [-0.3, -0.25) is 0 Å². The molecule has 3 aromatic rings. The number of aromatic nitrogens is 4. The zero-order valence-electron chi connectivity index (χ0n) is 14.2. The van der Waals surface area contributed by atoms with E-state index in [-0.39, 0.29) is 5.56 Å². The van der Waals surface area contributed by atoms with Gasteiger partial charge in [0.15, 0.2) is 0 Å². The van der Waals surface area contributed by atoms with Crippen molar-refractivity contribution in [1.82, 2.24) is 20.2 Å². The molecule has 0 saturated carbocycles. The van der Waals surface area contributed by atoms with Gasteiger partial charge in [-0.05, 0) is 65.6 Å². The van der Waals surface area contributed by atoms with E-state index in [1.54, 1.807) is 28.6 Å². The first-order chi connectivity index (χ1) is 12.0. The Balaban J connectivity index is 1.82. The molecule has 6 nitrogen and oxygen atoms in total. The molecule has 0 N–H and O–H groups in total. The van der Waals surface area contributed by atoms with Crippen molar-refractivity contribution in [2.24, 2.45) is 0 Å². The van der Waals surface area contributed by atoms with Gasteiger partial charge in [0.05, 0.1) is 11.7 Å². The minimum absolute atomic E-state index is 0.122. The number of nitrogens with zero attached hydrogens (tertiary/aromatic N) is 4. The molecule has 25 heavy (non-hydrogen) atoms. The predicted octanol–water partition coefficient (Wildman–Crippen LogP) is 2.24. The van der Waals surface area contributed by atoms with Gasteiger partial charge >= 0.3 is 0 Å². The van der Waals surface area contributed by atoms with Crippen LogP contribution in [0.2, 0.25) is 0 Å². The standard InChI is InChI=1S/C18H18N4O2S/c1-11-8-12(2)16(13(3)9-11)10-25-18-19-20-21-22(18)15-6-4-14(5-7-15)17(23)24/h4-9H,10H2,1-3H3,(H,23,24)/p-1. The largest absolute Gasteiger partial charge is 0.545 e. The number of benzene rings is 2. The average Bonchev–Trinajstić information content (AvgIpc) is 3.02. The third kappa shape index (κ3) is 3.71. The summed E-state index contributed by atoms with van der Waals surface area (Å²) in [7, 11) is 0. The summed E-state index contributed by atoms with van der Waals surface area (Å²) >= 11 is 1.54. The number of aryl methyl sites for hydroxylation is 3. The maximum Gasteiger partial charge on any atom is 0.214 e. The lowest BCUT2D eigenvalue weighted by Gasteiger charge is -2.11. The van der Waals surface area contributed by atoms with E-state index in [4.69, 9.17) is 0 Å². The number of carbonyl (C=O) groups excluding carboxylic acids is 1. The van der Waals surface area contributed by atoms with Gasteiger partial charge in [-0.2, -0.15) is 4.68 Å². The van der Waals surface area contributed by atoms with Gasteiger partial charge in [0.2, 0.25) is 5.16 Å². The Morgan fingerprint density at radius 2 is 1.76 bits per heavy atom. The van der Waals surface area contributed by atoms with Crippen molar-refractivity contribution in [2.75, 3.05) is 0 Å². The zero-order chi connectivity index (χ0) is 18.0. The highest BCUT2D eigenvalue weighted by Gasteiger charge is 2.11. The Labute approximate surface area is 149 Å². The highest BCUT2D eigenvalue weighted by Crippen LogP contribution is 2.26. The van der Waals surface area contributed by atoms with E-state index in [1.165, 1.54) is 34.4 Å². The normalized spacial score (nSPS) is 10.8. The maximum atomic E-state index is 10.9. The van der Waals surface area contributed by atoms with Crippen molar-refractivity contribution in [3.63, 3.8) is 0 Å². The summed E-state index contributed by atoms with van der Waals surface area (Å²) in [6.07, 6.45) is 0. The SMILES string of the molecule is Cc1cc(C)c(CSc2nnnn2-c2ccc(C(=O)[O-])cc2)c(C)c1. The van der Waals surface area contributed by atoms with Crippen molar-refractivity contribution in [3.05, 3.63) is 64.2 Å². The van der Waals surface area contributed by atoms with E-state index in [1.807, 2.05) is 0 Å². The van der Waals surface area contributed by atoms with Gasteiger partial charge in [0, 0.05) is 5.75 Å². The molecule has 1 heterocycles. The minimum Gasteiger partial charge on any atom is -0.545 e. The molecule has 0 fully saturated rings. The molecule has 0 bridgehead atoms. The number of carboxylic acids is 1. The second-order valence-corrected chi connectivity index (χ2v) is 6.82. The summed E-state index contributed by atoms with van der Waals surface area (Å²) in [4.78, 5) is 10.9. The Hall–Kier alpha value is -2.67. The Morgan fingerprint density at radius 1 is 1.12 bits per heavy atom. The molecule has 128 valence electrons. The summed E-state index contributed by atoms with van der Waals surface area (Å²) < 4.78 is 1.60. The number of carboxylic acid groups (broad SMARTS) is 1. The first-order valence-electron chi connectivity index (χ1n) is 7.75. The predicted molar refractivity (Wildman–Crippen MR) is 93.7 cm³/mol. The van der Waals surface area contributed by atoms with Crippen molar-refractivity contribution >= 4 is 17.7 Å². The van der Waals surface area contributed by atoms with Crippen molar-refractivity contribution in [2.45, 2.75) is 31.7 Å². The van der Waals surface area contributed by atoms with Crippen molar-refractivity contribution in [3.8, 4) is 5.69 Å². The van der Waals surface area contributed by atoms with Crippen LogP contribution < -0.4 is 5.11 Å². The molecular weight excluding hydrogens is 336 g/mol. The lowest BCUT2D eigenvalue weighted by molar-refractivity contribution is -0.255. The second-order valence-electron chi connectivity index (χ2n) is 5.87. The molecule has 7 heteroatoms. The highest BCUT2D eigenvalue weighted by molar-refractivity contribution is 7.98. The number of aromatic carboxylic acids is 1. The molecule has 0 radical (unpaired) electrons. The van der Waals surface area contributed by atoms with Crippen LogP contribution in [0.15, 0.2) is 41.6 Å². The summed E-state index contributed by atoms with van der Waals surface area (Å²) in [5, 5.41) is 23.3. The number of thioether (sulfide) groups is 1. The van der Waals surface area contributed by atoms with Crippen LogP contribution >= 0.6 is 11.8 Å². The Bertz CT molecular complexity index is 896. The van der Waals surface area contributed by atoms with Gasteiger partial charge in [-0.15, -0.1) is 5.10 Å². The monoisotopic (exact) mass is 353 g/mol. The molecule has 1 aromatic heterocycles. The fourth-order valence-electron chi connectivity index (χ4n) is 2.74. The van der Waals surface area contributed by atoms with Gasteiger partial charge in [-0.25, -0.2) is 0 Å². The fraction of sp³-hybridized carbons (Fsp3) is 0.222. The first kappa shape index (κ1) is 17.2. The van der Waals surface area contributed by atoms with Crippen LogP contribution in [-0.4, -0.2) is 26.2 Å². The number of tetrazole rings is 1. The quantitative estimate of drug-likeness (QED) is 0.654. The average molecular weight is 353 g/mol. The molecule has 0 amide bonds. The van der Waals surface area contributed by atoms with Crippen molar-refractivity contribution < 1.29 is 9.90 Å². The van der Waals surface area contributed by atoms with Crippen LogP contribution in [0.1, 0.15) is 32.6 Å². The van der Waals surface area contributed by atoms with Crippen LogP contribution in [0.3, 0.4) is 0 Å². The zero-order valence-corrected chi connectivity index (χ0v) is 15.0. The molecule has 0 aliphatic rings. The summed E-state index contributed by atoms with van der Waals surface area (Å²) in [6, 6.07) is 10.6. The summed E-state index contributed by atoms with van der Waals surface area (Å²) in [6.45, 7) is 6.31. The topological polar surface area (TPSA) is 83.7 Å². The molecule has 0 aliphatic carbocycles.